The number of benzene rings is 3. The first-order valence-corrected chi connectivity index (χ1v) is 11.6. The summed E-state index contributed by atoms with van der Waals surface area (Å²) in [5, 5.41) is 0. The molecule has 1 amide bonds. The molecule has 3 aromatic rings. The summed E-state index contributed by atoms with van der Waals surface area (Å²) in [5.74, 6) is -1.47. The maximum atomic E-state index is 14.1. The number of rotatable bonds is 7. The second-order valence-electron chi connectivity index (χ2n) is 9.12. The summed E-state index contributed by atoms with van der Waals surface area (Å²) in [6.45, 7) is 3.10. The van der Waals surface area contributed by atoms with E-state index >= 15 is 0 Å². The summed E-state index contributed by atoms with van der Waals surface area (Å²) < 4.78 is 40.9. The first-order chi connectivity index (χ1) is 16.3. The maximum absolute atomic E-state index is 14.1. The molecule has 0 saturated carbocycles. The molecule has 178 valence electrons. The van der Waals surface area contributed by atoms with Gasteiger partial charge in [-0.1, -0.05) is 36.4 Å². The molecular weight excluding hydrogens is 437 g/mol. The van der Waals surface area contributed by atoms with Crippen molar-refractivity contribution in [2.24, 2.45) is 5.73 Å². The van der Waals surface area contributed by atoms with E-state index < -0.39 is 11.6 Å². The van der Waals surface area contributed by atoms with Gasteiger partial charge in [0, 0.05) is 30.0 Å². The van der Waals surface area contributed by atoms with Crippen LogP contribution in [0.25, 0.3) is 11.1 Å². The van der Waals surface area contributed by atoms with E-state index in [0.717, 1.165) is 36.5 Å². The summed E-state index contributed by atoms with van der Waals surface area (Å²) in [6, 6.07) is 17.2. The molecule has 0 bridgehead atoms. The Morgan fingerprint density at radius 3 is 2.26 bits per heavy atom. The van der Waals surface area contributed by atoms with Crippen molar-refractivity contribution in [1.82, 2.24) is 4.90 Å². The van der Waals surface area contributed by atoms with E-state index in [2.05, 4.69) is 0 Å². The second kappa shape index (κ2) is 10.0. The van der Waals surface area contributed by atoms with Crippen LogP contribution in [0.5, 0.6) is 0 Å². The minimum absolute atomic E-state index is 0.0498. The third kappa shape index (κ3) is 4.87. The third-order valence-electron chi connectivity index (χ3n) is 7.06. The van der Waals surface area contributed by atoms with E-state index in [1.165, 1.54) is 24.3 Å². The maximum Gasteiger partial charge on any atom is 0.223 e. The van der Waals surface area contributed by atoms with Gasteiger partial charge in [0.15, 0.2) is 0 Å². The summed E-state index contributed by atoms with van der Waals surface area (Å²) in [5.41, 5.74) is 8.33. The van der Waals surface area contributed by atoms with Crippen molar-refractivity contribution in [2.75, 3.05) is 13.1 Å². The molecule has 2 atom stereocenters. The largest absolute Gasteiger partial charge is 0.336 e. The molecule has 1 heterocycles. The number of hydrogen-bond acceptors (Lipinski definition) is 2. The predicted molar refractivity (Wildman–Crippen MR) is 128 cm³/mol. The molecule has 0 aromatic heterocycles. The molecule has 1 aliphatic heterocycles. The summed E-state index contributed by atoms with van der Waals surface area (Å²) in [4.78, 5) is 15.2. The highest BCUT2D eigenvalue weighted by Crippen LogP contribution is 2.42. The Bertz CT molecular complexity index is 1150. The van der Waals surface area contributed by atoms with Crippen molar-refractivity contribution in [3.05, 3.63) is 95.3 Å². The van der Waals surface area contributed by atoms with Crippen LogP contribution in [0, 0.1) is 17.5 Å². The molecular formula is C28H29F3N2O. The van der Waals surface area contributed by atoms with E-state index in [0.29, 0.717) is 30.6 Å². The topological polar surface area (TPSA) is 46.3 Å². The molecule has 0 spiro atoms. The van der Waals surface area contributed by atoms with Crippen LogP contribution < -0.4 is 5.73 Å². The van der Waals surface area contributed by atoms with Gasteiger partial charge in [-0.05, 0) is 73.7 Å². The van der Waals surface area contributed by atoms with Gasteiger partial charge in [-0.3, -0.25) is 4.79 Å². The molecule has 2 N–H and O–H groups in total. The molecule has 1 aliphatic rings. The Morgan fingerprint density at radius 1 is 0.971 bits per heavy atom. The molecule has 6 heteroatoms. The molecule has 0 unspecified atom stereocenters. The van der Waals surface area contributed by atoms with Crippen LogP contribution in [0.15, 0.2) is 66.7 Å². The van der Waals surface area contributed by atoms with Crippen LogP contribution in [-0.2, 0) is 10.2 Å². The summed E-state index contributed by atoms with van der Waals surface area (Å²) in [7, 11) is 0. The second-order valence-corrected chi connectivity index (χ2v) is 9.12. The number of piperidine rings is 1. The van der Waals surface area contributed by atoms with Crippen LogP contribution in [0.1, 0.15) is 49.8 Å². The van der Waals surface area contributed by atoms with Gasteiger partial charge in [-0.15, -0.1) is 0 Å². The molecule has 34 heavy (non-hydrogen) atoms. The van der Waals surface area contributed by atoms with Crippen LogP contribution in [0.3, 0.4) is 0 Å². The monoisotopic (exact) mass is 466 g/mol. The van der Waals surface area contributed by atoms with Gasteiger partial charge in [-0.2, -0.15) is 0 Å². The zero-order chi connectivity index (χ0) is 24.3. The number of amides is 1. The SMILES string of the molecule is C[C@@H](c1ccc(-c2ccc(F)cc2F)cc1)N1CC[C@](CCCN)(c2ccc(F)cc2)CC1=O. The van der Waals surface area contributed by atoms with Crippen LogP contribution >= 0.6 is 0 Å². The summed E-state index contributed by atoms with van der Waals surface area (Å²) >= 11 is 0. The normalized spacial score (nSPS) is 19.3. The van der Waals surface area contributed by atoms with Crippen molar-refractivity contribution in [2.45, 2.75) is 44.1 Å². The minimum Gasteiger partial charge on any atom is -0.336 e. The molecule has 1 fully saturated rings. The van der Waals surface area contributed by atoms with Gasteiger partial charge >= 0.3 is 0 Å². The molecule has 3 aromatic carbocycles. The Balaban J connectivity index is 1.52. The molecule has 1 saturated heterocycles. The number of carbonyl (C=O) groups excluding carboxylic acids is 1. The van der Waals surface area contributed by atoms with Gasteiger partial charge in [-0.25, -0.2) is 13.2 Å². The van der Waals surface area contributed by atoms with E-state index in [4.69, 9.17) is 5.73 Å². The number of nitrogens with zero attached hydrogens (tertiary/aromatic N) is 1. The Morgan fingerprint density at radius 2 is 1.65 bits per heavy atom. The van der Waals surface area contributed by atoms with Crippen molar-refractivity contribution >= 4 is 5.91 Å². The lowest BCUT2D eigenvalue weighted by Gasteiger charge is -2.44. The van der Waals surface area contributed by atoms with E-state index in [1.54, 1.807) is 24.3 Å². The van der Waals surface area contributed by atoms with E-state index in [1.807, 2.05) is 24.0 Å². The lowest BCUT2D eigenvalue weighted by Crippen LogP contribution is -2.47. The average molecular weight is 467 g/mol. The highest BCUT2D eigenvalue weighted by atomic mass is 19.1. The highest BCUT2D eigenvalue weighted by Gasteiger charge is 2.41. The third-order valence-corrected chi connectivity index (χ3v) is 7.06. The predicted octanol–water partition coefficient (Wildman–Crippen LogP) is 6.13. The summed E-state index contributed by atoms with van der Waals surface area (Å²) in [6.07, 6.45) is 2.69. The van der Waals surface area contributed by atoms with Crippen LogP contribution in [0.2, 0.25) is 0 Å². The zero-order valence-corrected chi connectivity index (χ0v) is 19.2. The van der Waals surface area contributed by atoms with E-state index in [-0.39, 0.29) is 23.2 Å². The Kier molecular flexibility index (Phi) is 7.08. The standard InChI is InChI=1S/C28H29F3N2O/c1-19(20-3-5-21(6-4-20)25-12-11-24(30)17-26(25)31)33-16-14-28(13-2-15-32,18-27(33)34)22-7-9-23(29)10-8-22/h3-12,17,19H,2,13-16,18,32H2,1H3/t19-,28-/m0/s1. The lowest BCUT2D eigenvalue weighted by molar-refractivity contribution is -0.138. The molecule has 4 rings (SSSR count). The van der Waals surface area contributed by atoms with Crippen molar-refractivity contribution in [1.29, 1.82) is 0 Å². The van der Waals surface area contributed by atoms with E-state index in [9.17, 15) is 18.0 Å². The number of likely N-dealkylation sites (tertiary alicyclic amines) is 1. The number of halogens is 3. The Labute approximate surface area is 198 Å². The van der Waals surface area contributed by atoms with Gasteiger partial charge in [0.05, 0.1) is 6.04 Å². The number of nitrogens with two attached hydrogens (primary N) is 1. The highest BCUT2D eigenvalue weighted by molar-refractivity contribution is 5.79. The van der Waals surface area contributed by atoms with Gasteiger partial charge in [0.25, 0.3) is 0 Å². The number of hydrogen-bond donors (Lipinski definition) is 1. The molecule has 0 radical (unpaired) electrons. The van der Waals surface area contributed by atoms with Crippen molar-refractivity contribution < 1.29 is 18.0 Å². The quantitative estimate of drug-likeness (QED) is 0.455. The lowest BCUT2D eigenvalue weighted by atomic mass is 9.69. The van der Waals surface area contributed by atoms with Gasteiger partial charge in [0.2, 0.25) is 5.91 Å². The van der Waals surface area contributed by atoms with Crippen molar-refractivity contribution in [3.8, 4) is 11.1 Å². The first kappa shape index (κ1) is 24.0. The molecule has 3 nitrogen and oxygen atoms in total. The Hall–Kier alpha value is -3.12. The fraction of sp³-hybridized carbons (Fsp3) is 0.321. The van der Waals surface area contributed by atoms with Gasteiger partial charge < -0.3 is 10.6 Å². The zero-order valence-electron chi connectivity index (χ0n) is 19.2. The van der Waals surface area contributed by atoms with Crippen LogP contribution in [0.4, 0.5) is 13.2 Å². The fourth-order valence-corrected chi connectivity index (χ4v) is 5.04. The average Bonchev–Trinajstić information content (AvgIpc) is 2.83. The van der Waals surface area contributed by atoms with Gasteiger partial charge in [0.1, 0.15) is 17.5 Å². The fourth-order valence-electron chi connectivity index (χ4n) is 5.04. The smallest absolute Gasteiger partial charge is 0.223 e. The van der Waals surface area contributed by atoms with Crippen LogP contribution in [-0.4, -0.2) is 23.9 Å². The minimum atomic E-state index is -0.613. The first-order valence-electron chi connectivity index (χ1n) is 11.6. The van der Waals surface area contributed by atoms with Crippen molar-refractivity contribution in [3.63, 3.8) is 0 Å². The molecule has 0 aliphatic carbocycles. The number of carbonyl (C=O) groups is 1.